The van der Waals surface area contributed by atoms with Crippen molar-refractivity contribution in [3.63, 3.8) is 0 Å². The molecule has 0 saturated heterocycles. The maximum absolute atomic E-state index is 10.1. The topological polar surface area (TPSA) is 44.3 Å². The lowest BCUT2D eigenvalue weighted by molar-refractivity contribution is 0.134. The number of nitrogens with one attached hydrogen (secondary N) is 2. The average Bonchev–Trinajstić information content (AvgIpc) is 2.85. The van der Waals surface area contributed by atoms with Gasteiger partial charge in [0.25, 0.3) is 0 Å². The molecule has 3 N–H and O–H groups in total. The van der Waals surface area contributed by atoms with Crippen LogP contribution in [0.15, 0.2) is 18.2 Å². The van der Waals surface area contributed by atoms with Gasteiger partial charge in [0.05, 0.1) is 0 Å². The predicted octanol–water partition coefficient (Wildman–Crippen LogP) is 3.95. The molecule has 23 heavy (non-hydrogen) atoms. The summed E-state index contributed by atoms with van der Waals surface area (Å²) < 4.78 is 0. The van der Waals surface area contributed by atoms with Crippen molar-refractivity contribution in [2.75, 3.05) is 13.2 Å². The van der Waals surface area contributed by atoms with Crippen molar-refractivity contribution in [1.82, 2.24) is 10.6 Å². The van der Waals surface area contributed by atoms with Gasteiger partial charge in [-0.1, -0.05) is 40.2 Å². The van der Waals surface area contributed by atoms with E-state index in [9.17, 15) is 5.11 Å². The molecule has 130 valence electrons. The summed E-state index contributed by atoms with van der Waals surface area (Å²) in [5, 5.41) is 17.1. The highest BCUT2D eigenvalue weighted by Gasteiger charge is 2.52. The van der Waals surface area contributed by atoms with Gasteiger partial charge in [0.15, 0.2) is 0 Å². The van der Waals surface area contributed by atoms with Gasteiger partial charge in [0.2, 0.25) is 0 Å². The van der Waals surface area contributed by atoms with Gasteiger partial charge < -0.3 is 15.7 Å². The molecular formula is C20H34N2O. The highest BCUT2D eigenvalue weighted by Crippen LogP contribution is 2.56. The molecule has 3 unspecified atom stereocenters. The van der Waals surface area contributed by atoms with Gasteiger partial charge in [-0.05, 0) is 66.8 Å². The summed E-state index contributed by atoms with van der Waals surface area (Å²) in [6, 6.07) is 6.36. The van der Waals surface area contributed by atoms with Gasteiger partial charge in [-0.15, -0.1) is 0 Å². The van der Waals surface area contributed by atoms with Gasteiger partial charge in [0.1, 0.15) is 5.75 Å². The fourth-order valence-electron chi connectivity index (χ4n) is 4.47. The van der Waals surface area contributed by atoms with E-state index < -0.39 is 0 Å². The number of hydrogen-bond acceptors (Lipinski definition) is 3. The molecule has 0 spiro atoms. The van der Waals surface area contributed by atoms with Gasteiger partial charge in [-0.3, -0.25) is 0 Å². The highest BCUT2D eigenvalue weighted by molar-refractivity contribution is 5.42. The fraction of sp³-hybridized carbons (Fsp3) is 0.700. The first-order valence-corrected chi connectivity index (χ1v) is 9.15. The predicted molar refractivity (Wildman–Crippen MR) is 97.9 cm³/mol. The van der Waals surface area contributed by atoms with E-state index in [2.05, 4.69) is 51.3 Å². The quantitative estimate of drug-likeness (QED) is 0.527. The second kappa shape index (κ2) is 7.23. The third kappa shape index (κ3) is 3.27. The number of benzene rings is 1. The number of hydrogen-bond donors (Lipinski definition) is 3. The Morgan fingerprint density at radius 1 is 1.22 bits per heavy atom. The number of phenolic OH excluding ortho intramolecular Hbond substituents is 1. The number of rotatable bonds is 7. The molecule has 0 bridgehead atoms. The van der Waals surface area contributed by atoms with Crippen LogP contribution in [-0.4, -0.2) is 24.4 Å². The first kappa shape index (κ1) is 18.3. The lowest BCUT2D eigenvalue weighted by Gasteiger charge is -2.47. The summed E-state index contributed by atoms with van der Waals surface area (Å²) >= 11 is 0. The van der Waals surface area contributed by atoms with Crippen LogP contribution in [-0.2, 0) is 11.8 Å². The lowest BCUT2D eigenvalue weighted by atomic mass is 9.60. The minimum Gasteiger partial charge on any atom is -0.508 e. The Kier molecular flexibility index (Phi) is 5.74. The maximum atomic E-state index is 10.1. The molecule has 0 aliphatic heterocycles. The van der Waals surface area contributed by atoms with Crippen molar-refractivity contribution >= 4 is 0 Å². The SMILES string of the molecule is CCNCNC(C)C1(C)CCCC1(C)c1cc(O)ccc1CC. The molecule has 1 aromatic rings. The summed E-state index contributed by atoms with van der Waals surface area (Å²) in [7, 11) is 0. The Hall–Kier alpha value is -1.06. The van der Waals surface area contributed by atoms with Crippen molar-refractivity contribution in [3.8, 4) is 5.75 Å². The van der Waals surface area contributed by atoms with E-state index in [1.54, 1.807) is 0 Å². The summed E-state index contributed by atoms with van der Waals surface area (Å²) in [5.74, 6) is 0.390. The Balaban J connectivity index is 2.36. The van der Waals surface area contributed by atoms with E-state index in [4.69, 9.17) is 0 Å². The van der Waals surface area contributed by atoms with Gasteiger partial charge in [-0.2, -0.15) is 0 Å². The molecule has 2 rings (SSSR count). The smallest absolute Gasteiger partial charge is 0.115 e. The molecule has 1 aromatic carbocycles. The van der Waals surface area contributed by atoms with E-state index in [1.165, 1.54) is 30.4 Å². The zero-order valence-electron chi connectivity index (χ0n) is 15.5. The van der Waals surface area contributed by atoms with Crippen LogP contribution in [0, 0.1) is 5.41 Å². The van der Waals surface area contributed by atoms with Crippen LogP contribution in [0.25, 0.3) is 0 Å². The maximum Gasteiger partial charge on any atom is 0.115 e. The molecule has 1 aliphatic carbocycles. The summed E-state index contributed by atoms with van der Waals surface area (Å²) in [4.78, 5) is 0. The third-order valence-corrected chi connectivity index (χ3v) is 6.44. The molecule has 3 nitrogen and oxygen atoms in total. The van der Waals surface area contributed by atoms with Crippen LogP contribution in [0.4, 0.5) is 0 Å². The average molecular weight is 319 g/mol. The van der Waals surface area contributed by atoms with Crippen molar-refractivity contribution in [2.24, 2.45) is 5.41 Å². The van der Waals surface area contributed by atoms with E-state index in [-0.39, 0.29) is 10.8 Å². The standard InChI is InChI=1S/C20H34N2O/c1-6-16-9-10-17(23)13-18(16)20(5)12-8-11-19(20,4)15(3)22-14-21-7-2/h9-10,13,15,21-23H,6-8,11-12,14H2,1-5H3. The second-order valence-electron chi connectivity index (χ2n) is 7.50. The Labute approximate surface area is 141 Å². The summed E-state index contributed by atoms with van der Waals surface area (Å²) in [6.07, 6.45) is 4.68. The minimum atomic E-state index is 0.0930. The minimum absolute atomic E-state index is 0.0930. The van der Waals surface area contributed by atoms with Crippen LogP contribution in [0.5, 0.6) is 5.75 Å². The van der Waals surface area contributed by atoms with Crippen LogP contribution in [0.3, 0.4) is 0 Å². The van der Waals surface area contributed by atoms with Gasteiger partial charge in [0, 0.05) is 12.7 Å². The van der Waals surface area contributed by atoms with E-state index >= 15 is 0 Å². The molecule has 3 heteroatoms. The normalized spacial score (nSPS) is 28.9. The van der Waals surface area contributed by atoms with Crippen molar-refractivity contribution < 1.29 is 5.11 Å². The van der Waals surface area contributed by atoms with Crippen LogP contribution >= 0.6 is 0 Å². The van der Waals surface area contributed by atoms with E-state index in [0.29, 0.717) is 11.8 Å². The molecule has 3 atom stereocenters. The molecular weight excluding hydrogens is 284 g/mol. The second-order valence-corrected chi connectivity index (χ2v) is 7.50. The zero-order chi connectivity index (χ0) is 17.1. The largest absolute Gasteiger partial charge is 0.508 e. The molecule has 0 aromatic heterocycles. The van der Waals surface area contributed by atoms with E-state index in [1.807, 2.05) is 12.1 Å². The Morgan fingerprint density at radius 3 is 2.61 bits per heavy atom. The Morgan fingerprint density at radius 2 is 1.96 bits per heavy atom. The first-order chi connectivity index (χ1) is 10.9. The lowest BCUT2D eigenvalue weighted by Crippen LogP contribution is -2.52. The van der Waals surface area contributed by atoms with E-state index in [0.717, 1.165) is 19.6 Å². The summed E-state index contributed by atoms with van der Waals surface area (Å²) in [5.41, 5.74) is 2.99. The van der Waals surface area contributed by atoms with Gasteiger partial charge >= 0.3 is 0 Å². The van der Waals surface area contributed by atoms with Gasteiger partial charge in [-0.25, -0.2) is 0 Å². The highest BCUT2D eigenvalue weighted by atomic mass is 16.3. The Bertz CT molecular complexity index is 530. The fourth-order valence-corrected chi connectivity index (χ4v) is 4.47. The van der Waals surface area contributed by atoms with Crippen LogP contribution < -0.4 is 10.6 Å². The number of phenols is 1. The molecule has 1 aliphatic rings. The summed E-state index contributed by atoms with van der Waals surface area (Å²) in [6.45, 7) is 13.3. The van der Waals surface area contributed by atoms with Crippen molar-refractivity contribution in [1.29, 1.82) is 0 Å². The zero-order valence-corrected chi connectivity index (χ0v) is 15.5. The molecule has 0 radical (unpaired) electrons. The number of aromatic hydroxyl groups is 1. The monoisotopic (exact) mass is 318 g/mol. The van der Waals surface area contributed by atoms with Crippen LogP contribution in [0.1, 0.15) is 65.0 Å². The molecule has 0 amide bonds. The molecule has 0 heterocycles. The number of aryl methyl sites for hydroxylation is 1. The molecule has 1 saturated carbocycles. The first-order valence-electron chi connectivity index (χ1n) is 9.15. The van der Waals surface area contributed by atoms with Crippen LogP contribution in [0.2, 0.25) is 0 Å². The molecule has 1 fully saturated rings. The van der Waals surface area contributed by atoms with Crippen molar-refractivity contribution in [2.45, 2.75) is 71.8 Å². The van der Waals surface area contributed by atoms with Crippen molar-refractivity contribution in [3.05, 3.63) is 29.3 Å². The third-order valence-electron chi connectivity index (χ3n) is 6.44.